The monoisotopic (exact) mass is 565 g/mol. The van der Waals surface area contributed by atoms with Crippen LogP contribution in [-0.2, 0) is 16.1 Å². The van der Waals surface area contributed by atoms with Crippen LogP contribution in [0.3, 0.4) is 0 Å². The number of hydrogen-bond acceptors (Lipinski definition) is 4. The second kappa shape index (κ2) is 16.5. The quantitative estimate of drug-likeness (QED) is 0.131. The Morgan fingerprint density at radius 1 is 1.07 bits per heavy atom. The highest BCUT2D eigenvalue weighted by molar-refractivity contribution is 6.09. The van der Waals surface area contributed by atoms with E-state index in [1.807, 2.05) is 35.3 Å². The molecule has 5 nitrogen and oxygen atoms in total. The van der Waals surface area contributed by atoms with Gasteiger partial charge < -0.3 is 9.64 Å². The average molecular weight is 566 g/mol. The number of ether oxygens (including phenoxy) is 1. The zero-order valence-electron chi connectivity index (χ0n) is 25.5. The Balaban J connectivity index is 1.53. The Labute approximate surface area is 253 Å². The van der Waals surface area contributed by atoms with Crippen molar-refractivity contribution in [1.82, 2.24) is 4.90 Å². The molecule has 1 aliphatic heterocycles. The number of para-hydroxylation sites is 1. The van der Waals surface area contributed by atoms with Crippen molar-refractivity contribution in [3.05, 3.63) is 115 Å². The fraction of sp³-hybridized carbons (Fsp3) is 0.405. The summed E-state index contributed by atoms with van der Waals surface area (Å²) in [6.45, 7) is 9.75. The number of carbonyl (C=O) groups is 1. The van der Waals surface area contributed by atoms with Crippen molar-refractivity contribution in [2.45, 2.75) is 90.3 Å². The number of amidine groups is 1. The van der Waals surface area contributed by atoms with E-state index in [0.29, 0.717) is 18.3 Å². The van der Waals surface area contributed by atoms with Crippen molar-refractivity contribution >= 4 is 17.6 Å². The molecule has 2 aromatic carbocycles. The lowest BCUT2D eigenvalue weighted by atomic mass is 9.94. The SMILES string of the molecule is C=C/C=C(\C=C/CN(Cc1ccccc1)c1ccccc1)/C=C1/OC(=NC(C)CCCCC)N(C2CCCCC2)C1=O. The molecule has 1 saturated carbocycles. The molecule has 1 saturated heterocycles. The standard InChI is InChI=1S/C37H47N3O2/c1-4-6-10-19-30(3)38-37-40(34-25-15-9-16-26-34)36(41)35(42-37)28-31(18-5-2)22-17-27-39(33-23-13-8-14-24-33)29-32-20-11-7-12-21-32/h5,7-8,11-14,17-18,20-24,28,30,34H,2,4,6,9-10,15-16,19,25-27,29H2,1,3H3/b22-17-,31-18+,35-28+,38-37?. The van der Waals surface area contributed by atoms with E-state index >= 15 is 0 Å². The first-order chi connectivity index (χ1) is 20.6. The number of rotatable bonds is 14. The highest BCUT2D eigenvalue weighted by Gasteiger charge is 2.40. The van der Waals surface area contributed by atoms with Gasteiger partial charge in [0.2, 0.25) is 0 Å². The minimum atomic E-state index is -0.0836. The average Bonchev–Trinajstić information content (AvgIpc) is 3.31. The Morgan fingerprint density at radius 2 is 1.79 bits per heavy atom. The van der Waals surface area contributed by atoms with Crippen LogP contribution < -0.4 is 4.90 Å². The summed E-state index contributed by atoms with van der Waals surface area (Å²) < 4.78 is 6.24. The Morgan fingerprint density at radius 3 is 2.48 bits per heavy atom. The summed E-state index contributed by atoms with van der Waals surface area (Å²) in [4.78, 5) is 22.8. The molecule has 0 radical (unpaired) electrons. The van der Waals surface area contributed by atoms with Gasteiger partial charge in [0.1, 0.15) is 0 Å². The number of allylic oxidation sites excluding steroid dienone is 5. The zero-order valence-corrected chi connectivity index (χ0v) is 25.5. The van der Waals surface area contributed by atoms with Gasteiger partial charge >= 0.3 is 6.02 Å². The molecule has 5 heteroatoms. The molecule has 1 heterocycles. The molecule has 1 unspecified atom stereocenters. The summed E-state index contributed by atoms with van der Waals surface area (Å²) in [6.07, 6.45) is 19.7. The first-order valence-electron chi connectivity index (χ1n) is 15.7. The van der Waals surface area contributed by atoms with Gasteiger partial charge in [0.05, 0.1) is 6.04 Å². The number of carbonyl (C=O) groups excluding carboxylic acids is 1. The van der Waals surface area contributed by atoms with Crippen molar-refractivity contribution in [2.75, 3.05) is 11.4 Å². The Bertz CT molecular complexity index is 1260. The summed E-state index contributed by atoms with van der Waals surface area (Å²) in [7, 11) is 0. The summed E-state index contributed by atoms with van der Waals surface area (Å²) in [5, 5.41) is 0. The molecule has 1 atom stereocenters. The van der Waals surface area contributed by atoms with Gasteiger partial charge in [-0.1, -0.05) is 125 Å². The van der Waals surface area contributed by atoms with Crippen LogP contribution in [0.1, 0.15) is 77.2 Å². The van der Waals surface area contributed by atoms with Gasteiger partial charge in [-0.25, -0.2) is 4.99 Å². The molecule has 2 fully saturated rings. The van der Waals surface area contributed by atoms with Crippen molar-refractivity contribution in [3.8, 4) is 0 Å². The van der Waals surface area contributed by atoms with E-state index in [2.05, 4.69) is 79.9 Å². The van der Waals surface area contributed by atoms with E-state index in [1.54, 1.807) is 6.08 Å². The van der Waals surface area contributed by atoms with Crippen molar-refractivity contribution in [2.24, 2.45) is 4.99 Å². The molecule has 2 aromatic rings. The van der Waals surface area contributed by atoms with Gasteiger partial charge in [-0.05, 0) is 55.5 Å². The fourth-order valence-electron chi connectivity index (χ4n) is 5.64. The van der Waals surface area contributed by atoms with Crippen LogP contribution in [0.15, 0.2) is 114 Å². The van der Waals surface area contributed by atoms with Crippen LogP contribution in [0.2, 0.25) is 0 Å². The number of aliphatic imine (C=N–C) groups is 1. The van der Waals surface area contributed by atoms with Gasteiger partial charge in [0.25, 0.3) is 5.91 Å². The molecule has 2 aliphatic rings. The molecule has 1 aliphatic carbocycles. The van der Waals surface area contributed by atoms with E-state index in [-0.39, 0.29) is 18.0 Å². The Hall–Kier alpha value is -3.86. The number of benzene rings is 2. The predicted molar refractivity (Wildman–Crippen MR) is 175 cm³/mol. The highest BCUT2D eigenvalue weighted by atomic mass is 16.5. The normalized spacial score (nSPS) is 19.0. The van der Waals surface area contributed by atoms with E-state index in [9.17, 15) is 4.79 Å². The van der Waals surface area contributed by atoms with Crippen molar-refractivity contribution in [3.63, 3.8) is 0 Å². The van der Waals surface area contributed by atoms with Gasteiger partial charge in [-0.15, -0.1) is 0 Å². The van der Waals surface area contributed by atoms with Crippen molar-refractivity contribution in [1.29, 1.82) is 0 Å². The van der Waals surface area contributed by atoms with Gasteiger partial charge in [-0.3, -0.25) is 9.69 Å². The van der Waals surface area contributed by atoms with E-state index in [1.165, 1.54) is 24.8 Å². The number of anilines is 1. The fourth-order valence-corrected chi connectivity index (χ4v) is 5.64. The van der Waals surface area contributed by atoms with Gasteiger partial charge in [0.15, 0.2) is 5.76 Å². The molecule has 0 aromatic heterocycles. The van der Waals surface area contributed by atoms with Crippen LogP contribution >= 0.6 is 0 Å². The highest BCUT2D eigenvalue weighted by Crippen LogP contribution is 2.30. The molecule has 4 rings (SSSR count). The number of nitrogens with zero attached hydrogens (tertiary/aromatic N) is 3. The lowest BCUT2D eigenvalue weighted by Gasteiger charge is -2.29. The van der Waals surface area contributed by atoms with E-state index in [4.69, 9.17) is 9.73 Å². The molecule has 222 valence electrons. The van der Waals surface area contributed by atoms with Gasteiger partial charge in [-0.2, -0.15) is 0 Å². The summed E-state index contributed by atoms with van der Waals surface area (Å²) in [5.74, 6) is 0.252. The van der Waals surface area contributed by atoms with Crippen LogP contribution in [0.5, 0.6) is 0 Å². The maximum atomic E-state index is 13.7. The third-order valence-corrected chi connectivity index (χ3v) is 7.91. The molecule has 0 bridgehead atoms. The lowest BCUT2D eigenvalue weighted by Crippen LogP contribution is -2.41. The maximum absolute atomic E-state index is 13.7. The van der Waals surface area contributed by atoms with E-state index in [0.717, 1.165) is 56.3 Å². The molecule has 42 heavy (non-hydrogen) atoms. The maximum Gasteiger partial charge on any atom is 0.300 e. The molecular formula is C37H47N3O2. The number of unbranched alkanes of at least 4 members (excludes halogenated alkanes) is 2. The van der Waals surface area contributed by atoms with Crippen LogP contribution in [0, 0.1) is 0 Å². The first kappa shape index (κ1) is 31.1. The minimum absolute atomic E-state index is 0.0836. The predicted octanol–water partition coefficient (Wildman–Crippen LogP) is 8.76. The zero-order chi connectivity index (χ0) is 29.6. The third kappa shape index (κ3) is 9.07. The third-order valence-electron chi connectivity index (χ3n) is 7.91. The minimum Gasteiger partial charge on any atom is -0.420 e. The molecule has 0 spiro atoms. The second-order valence-electron chi connectivity index (χ2n) is 11.3. The van der Waals surface area contributed by atoms with Crippen molar-refractivity contribution < 1.29 is 9.53 Å². The Kier molecular flexibility index (Phi) is 12.2. The van der Waals surface area contributed by atoms with Crippen LogP contribution in [0.4, 0.5) is 5.69 Å². The van der Waals surface area contributed by atoms with Crippen LogP contribution in [-0.4, -0.2) is 35.5 Å². The lowest BCUT2D eigenvalue weighted by molar-refractivity contribution is -0.124. The number of amides is 1. The largest absolute Gasteiger partial charge is 0.420 e. The molecular weight excluding hydrogens is 518 g/mol. The summed E-state index contributed by atoms with van der Waals surface area (Å²) in [5.41, 5.74) is 3.27. The second-order valence-corrected chi connectivity index (χ2v) is 11.3. The topological polar surface area (TPSA) is 45.1 Å². The summed E-state index contributed by atoms with van der Waals surface area (Å²) in [6, 6.07) is 21.7. The smallest absolute Gasteiger partial charge is 0.300 e. The van der Waals surface area contributed by atoms with E-state index < -0.39 is 0 Å². The van der Waals surface area contributed by atoms with Gasteiger partial charge in [0, 0.05) is 24.8 Å². The molecule has 0 N–H and O–H groups in total. The summed E-state index contributed by atoms with van der Waals surface area (Å²) >= 11 is 0. The number of hydrogen-bond donors (Lipinski definition) is 0. The first-order valence-corrected chi connectivity index (χ1v) is 15.7. The molecule has 1 amide bonds. The van der Waals surface area contributed by atoms with Crippen LogP contribution in [0.25, 0.3) is 0 Å².